The zero-order chi connectivity index (χ0) is 12.4. The highest BCUT2D eigenvalue weighted by Gasteiger charge is 2.31. The van der Waals surface area contributed by atoms with Gasteiger partial charge in [0.05, 0.1) is 11.4 Å². The number of rotatable bonds is 3. The molecular formula is C13H22N4. The average molecular weight is 234 g/mol. The molecule has 0 aromatic carbocycles. The largest absolute Gasteiger partial charge is 0.368 e. The molecule has 4 heteroatoms. The molecule has 2 atom stereocenters. The van der Waals surface area contributed by atoms with Crippen molar-refractivity contribution in [3.05, 3.63) is 24.0 Å². The van der Waals surface area contributed by atoms with E-state index in [4.69, 9.17) is 5.73 Å². The van der Waals surface area contributed by atoms with Crippen LogP contribution in [0, 0.1) is 5.92 Å². The second-order valence-corrected chi connectivity index (χ2v) is 5.09. The lowest BCUT2D eigenvalue weighted by molar-refractivity contribution is 0.266. The van der Waals surface area contributed by atoms with Gasteiger partial charge in [0.15, 0.2) is 0 Å². The molecule has 0 amide bonds. The predicted molar refractivity (Wildman–Crippen MR) is 71.0 cm³/mol. The van der Waals surface area contributed by atoms with Crippen LogP contribution in [0.3, 0.4) is 0 Å². The molecular weight excluding hydrogens is 212 g/mol. The number of aromatic nitrogens is 1. The van der Waals surface area contributed by atoms with Crippen LogP contribution in [-0.2, 0) is 6.54 Å². The summed E-state index contributed by atoms with van der Waals surface area (Å²) < 4.78 is 0. The van der Waals surface area contributed by atoms with Gasteiger partial charge in [0.2, 0.25) is 0 Å². The molecule has 94 valence electrons. The fourth-order valence-electron chi connectivity index (χ4n) is 2.69. The quantitative estimate of drug-likeness (QED) is 0.845. The van der Waals surface area contributed by atoms with Crippen molar-refractivity contribution in [3.63, 3.8) is 0 Å². The second-order valence-electron chi connectivity index (χ2n) is 5.09. The molecule has 1 aromatic heterocycles. The average Bonchev–Trinajstić information content (AvgIpc) is 2.71. The maximum atomic E-state index is 5.75. The van der Waals surface area contributed by atoms with Gasteiger partial charge in [0, 0.05) is 31.9 Å². The molecule has 4 nitrogen and oxygen atoms in total. The Morgan fingerprint density at radius 2 is 2.24 bits per heavy atom. The molecule has 1 aliphatic rings. The molecule has 17 heavy (non-hydrogen) atoms. The highest BCUT2D eigenvalue weighted by molar-refractivity contribution is 5.51. The molecule has 1 aliphatic heterocycles. The van der Waals surface area contributed by atoms with Crippen molar-refractivity contribution in [2.75, 3.05) is 32.1 Å². The Balaban J connectivity index is 2.19. The first kappa shape index (κ1) is 12.3. The lowest BCUT2D eigenvalue weighted by Gasteiger charge is -2.23. The molecule has 0 spiro atoms. The third-order valence-corrected chi connectivity index (χ3v) is 3.64. The van der Waals surface area contributed by atoms with Crippen LogP contribution in [0.5, 0.6) is 0 Å². The molecule has 0 radical (unpaired) electrons. The summed E-state index contributed by atoms with van der Waals surface area (Å²) >= 11 is 0. The van der Waals surface area contributed by atoms with Crippen LogP contribution in [0.2, 0.25) is 0 Å². The zero-order valence-electron chi connectivity index (χ0n) is 10.9. The smallest absolute Gasteiger partial charge is 0.0772 e. The molecule has 2 unspecified atom stereocenters. The zero-order valence-corrected chi connectivity index (χ0v) is 10.9. The van der Waals surface area contributed by atoms with Gasteiger partial charge >= 0.3 is 0 Å². The number of nitrogens with two attached hydrogens (primary N) is 1. The summed E-state index contributed by atoms with van der Waals surface area (Å²) in [7, 11) is 4.30. The van der Waals surface area contributed by atoms with Crippen molar-refractivity contribution >= 4 is 5.69 Å². The van der Waals surface area contributed by atoms with Crippen molar-refractivity contribution in [2.45, 2.75) is 19.5 Å². The van der Waals surface area contributed by atoms with Gasteiger partial charge in [-0.25, -0.2) is 0 Å². The Morgan fingerprint density at radius 3 is 2.82 bits per heavy atom. The Labute approximate surface area is 103 Å². The van der Waals surface area contributed by atoms with Gasteiger partial charge < -0.3 is 15.5 Å². The van der Waals surface area contributed by atoms with E-state index in [1.165, 1.54) is 5.69 Å². The van der Waals surface area contributed by atoms with E-state index in [2.05, 4.69) is 41.9 Å². The first-order chi connectivity index (χ1) is 8.13. The Hall–Kier alpha value is -1.13. The summed E-state index contributed by atoms with van der Waals surface area (Å²) in [5.74, 6) is 0.677. The molecule has 2 N–H and O–H groups in total. The van der Waals surface area contributed by atoms with Crippen LogP contribution in [0.1, 0.15) is 12.6 Å². The Kier molecular flexibility index (Phi) is 3.64. The minimum Gasteiger partial charge on any atom is -0.368 e. The predicted octanol–water partition coefficient (Wildman–Crippen LogP) is 0.927. The normalized spacial score (nSPS) is 24.6. The molecule has 1 fully saturated rings. The molecule has 1 aromatic rings. The number of hydrogen-bond donors (Lipinski definition) is 1. The summed E-state index contributed by atoms with van der Waals surface area (Å²) in [5, 5.41) is 0. The monoisotopic (exact) mass is 234 g/mol. The van der Waals surface area contributed by atoms with Gasteiger partial charge in [-0.15, -0.1) is 0 Å². The molecule has 2 rings (SSSR count). The maximum Gasteiger partial charge on any atom is 0.0772 e. The third-order valence-electron chi connectivity index (χ3n) is 3.64. The SMILES string of the molecule is CC1CN(c2cccnc2CN)CC1N(C)C. The first-order valence-corrected chi connectivity index (χ1v) is 6.18. The van der Waals surface area contributed by atoms with Crippen LogP contribution in [0.15, 0.2) is 18.3 Å². The molecule has 2 heterocycles. The summed E-state index contributed by atoms with van der Waals surface area (Å²) in [6, 6.07) is 4.73. The van der Waals surface area contributed by atoms with Crippen LogP contribution in [0.4, 0.5) is 5.69 Å². The number of likely N-dealkylation sites (N-methyl/N-ethyl adjacent to an activating group) is 1. The van der Waals surface area contributed by atoms with Gasteiger partial charge in [-0.2, -0.15) is 0 Å². The van der Waals surface area contributed by atoms with E-state index in [9.17, 15) is 0 Å². The molecule has 0 bridgehead atoms. The minimum atomic E-state index is 0.508. The highest BCUT2D eigenvalue weighted by atomic mass is 15.2. The number of pyridine rings is 1. The molecule has 0 saturated carbocycles. The Morgan fingerprint density at radius 1 is 1.47 bits per heavy atom. The van der Waals surface area contributed by atoms with Crippen molar-refractivity contribution in [3.8, 4) is 0 Å². The standard InChI is InChI=1S/C13H22N4/c1-10-8-17(9-13(10)16(2)3)12-5-4-6-15-11(12)7-14/h4-6,10,13H,7-9,14H2,1-3H3. The highest BCUT2D eigenvalue weighted by Crippen LogP contribution is 2.27. The van der Waals surface area contributed by atoms with Gasteiger partial charge in [-0.1, -0.05) is 6.92 Å². The van der Waals surface area contributed by atoms with Gasteiger partial charge in [-0.3, -0.25) is 4.98 Å². The van der Waals surface area contributed by atoms with Gasteiger partial charge in [0.25, 0.3) is 0 Å². The number of hydrogen-bond acceptors (Lipinski definition) is 4. The van der Waals surface area contributed by atoms with Crippen LogP contribution < -0.4 is 10.6 Å². The number of nitrogens with zero attached hydrogens (tertiary/aromatic N) is 3. The van der Waals surface area contributed by atoms with Crippen molar-refractivity contribution in [1.29, 1.82) is 0 Å². The van der Waals surface area contributed by atoms with E-state index in [1.807, 2.05) is 12.3 Å². The first-order valence-electron chi connectivity index (χ1n) is 6.18. The second kappa shape index (κ2) is 5.02. The summed E-state index contributed by atoms with van der Waals surface area (Å²) in [6.45, 7) is 4.96. The van der Waals surface area contributed by atoms with E-state index < -0.39 is 0 Å². The molecule has 0 aliphatic carbocycles. The molecule has 1 saturated heterocycles. The van der Waals surface area contributed by atoms with E-state index in [1.54, 1.807) is 0 Å². The lowest BCUT2D eigenvalue weighted by atomic mass is 10.1. The van der Waals surface area contributed by atoms with E-state index in [0.717, 1.165) is 18.8 Å². The van der Waals surface area contributed by atoms with Crippen molar-refractivity contribution < 1.29 is 0 Å². The lowest BCUT2D eigenvalue weighted by Crippen LogP contribution is -2.34. The van der Waals surface area contributed by atoms with Crippen LogP contribution in [0.25, 0.3) is 0 Å². The topological polar surface area (TPSA) is 45.4 Å². The fourth-order valence-corrected chi connectivity index (χ4v) is 2.69. The van der Waals surface area contributed by atoms with Gasteiger partial charge in [-0.05, 0) is 32.1 Å². The minimum absolute atomic E-state index is 0.508. The fraction of sp³-hybridized carbons (Fsp3) is 0.615. The van der Waals surface area contributed by atoms with Crippen LogP contribution >= 0.6 is 0 Å². The van der Waals surface area contributed by atoms with E-state index in [0.29, 0.717) is 18.5 Å². The van der Waals surface area contributed by atoms with Gasteiger partial charge in [0.1, 0.15) is 0 Å². The number of anilines is 1. The third kappa shape index (κ3) is 2.42. The maximum absolute atomic E-state index is 5.75. The summed E-state index contributed by atoms with van der Waals surface area (Å²) in [5.41, 5.74) is 7.95. The van der Waals surface area contributed by atoms with Crippen LogP contribution in [-0.4, -0.2) is 43.1 Å². The Bertz CT molecular complexity index is 377. The summed E-state index contributed by atoms with van der Waals surface area (Å²) in [6.07, 6.45) is 1.81. The van der Waals surface area contributed by atoms with E-state index in [-0.39, 0.29) is 0 Å². The van der Waals surface area contributed by atoms with E-state index >= 15 is 0 Å². The van der Waals surface area contributed by atoms with Crippen molar-refractivity contribution in [1.82, 2.24) is 9.88 Å². The summed E-state index contributed by atoms with van der Waals surface area (Å²) in [4.78, 5) is 9.07. The van der Waals surface area contributed by atoms with Crippen molar-refractivity contribution in [2.24, 2.45) is 11.7 Å².